The Bertz CT molecular complexity index is 173. The number of aliphatic hydroxyl groups excluding tert-OH is 1. The summed E-state index contributed by atoms with van der Waals surface area (Å²) in [5.41, 5.74) is 0. The van der Waals surface area contributed by atoms with Gasteiger partial charge < -0.3 is 10.0 Å². The molecule has 0 unspecified atom stereocenters. The summed E-state index contributed by atoms with van der Waals surface area (Å²) in [6.07, 6.45) is 5.57. The van der Waals surface area contributed by atoms with Crippen LogP contribution in [-0.4, -0.2) is 60.8 Å². The molecule has 3 heteroatoms. The molecule has 0 aromatic rings. The van der Waals surface area contributed by atoms with Gasteiger partial charge in [0, 0.05) is 19.6 Å². The van der Waals surface area contributed by atoms with Crippen LogP contribution in [-0.2, 0) is 0 Å². The maximum Gasteiger partial charge on any atom is 0.0558 e. The lowest BCUT2D eigenvalue weighted by atomic mass is 10.3. The van der Waals surface area contributed by atoms with Crippen LogP contribution in [0.5, 0.6) is 0 Å². The Morgan fingerprint density at radius 1 is 1.07 bits per heavy atom. The van der Waals surface area contributed by atoms with Gasteiger partial charge in [-0.2, -0.15) is 0 Å². The normalized spacial score (nSPS) is 20.1. The third kappa shape index (κ3) is 5.30. The molecule has 3 nitrogen and oxygen atoms in total. The molecular weight excluding hydrogens is 188 g/mol. The average Bonchev–Trinajstić information content (AvgIpc) is 2.45. The van der Waals surface area contributed by atoms with Crippen LogP contribution in [0.2, 0.25) is 0 Å². The minimum absolute atomic E-state index is 0.288. The zero-order chi connectivity index (χ0) is 10.9. The SMILES string of the molecule is C=CCCCN1CCCN(CCO)CC1. The summed E-state index contributed by atoms with van der Waals surface area (Å²) in [5.74, 6) is 0. The average molecular weight is 212 g/mol. The molecule has 0 aliphatic carbocycles. The van der Waals surface area contributed by atoms with Crippen molar-refractivity contribution in [2.75, 3.05) is 45.9 Å². The largest absolute Gasteiger partial charge is 0.395 e. The van der Waals surface area contributed by atoms with Gasteiger partial charge in [-0.3, -0.25) is 4.90 Å². The summed E-state index contributed by atoms with van der Waals surface area (Å²) in [5, 5.41) is 8.88. The van der Waals surface area contributed by atoms with Crippen LogP contribution >= 0.6 is 0 Å². The molecule has 0 saturated carbocycles. The number of β-amino-alcohol motifs (C(OH)–C–C–N with tert-alkyl or cyclic N) is 1. The molecule has 88 valence electrons. The van der Waals surface area contributed by atoms with Crippen LogP contribution in [0.1, 0.15) is 19.3 Å². The highest BCUT2D eigenvalue weighted by Gasteiger charge is 2.13. The lowest BCUT2D eigenvalue weighted by Crippen LogP contribution is -2.32. The van der Waals surface area contributed by atoms with E-state index in [2.05, 4.69) is 16.4 Å². The van der Waals surface area contributed by atoms with E-state index in [-0.39, 0.29) is 6.61 Å². The van der Waals surface area contributed by atoms with E-state index in [1.54, 1.807) is 0 Å². The molecule has 0 atom stereocenters. The molecule has 1 aliphatic heterocycles. The van der Waals surface area contributed by atoms with Gasteiger partial charge in [-0.25, -0.2) is 0 Å². The first-order valence-corrected chi connectivity index (χ1v) is 6.03. The zero-order valence-electron chi connectivity index (χ0n) is 9.70. The molecule has 0 radical (unpaired) electrons. The van der Waals surface area contributed by atoms with Crippen molar-refractivity contribution in [3.8, 4) is 0 Å². The third-order valence-electron chi connectivity index (χ3n) is 2.98. The van der Waals surface area contributed by atoms with Crippen LogP contribution in [0.25, 0.3) is 0 Å². The summed E-state index contributed by atoms with van der Waals surface area (Å²) < 4.78 is 0. The van der Waals surface area contributed by atoms with Gasteiger partial charge in [0.1, 0.15) is 0 Å². The van der Waals surface area contributed by atoms with Crippen molar-refractivity contribution in [1.82, 2.24) is 9.80 Å². The van der Waals surface area contributed by atoms with Crippen molar-refractivity contribution in [2.24, 2.45) is 0 Å². The summed E-state index contributed by atoms with van der Waals surface area (Å²) in [6.45, 7) is 10.7. The second kappa shape index (κ2) is 7.85. The molecule has 0 aromatic heterocycles. The Hall–Kier alpha value is -0.380. The maximum absolute atomic E-state index is 8.88. The van der Waals surface area contributed by atoms with Gasteiger partial charge in [-0.15, -0.1) is 6.58 Å². The maximum atomic E-state index is 8.88. The first-order valence-electron chi connectivity index (χ1n) is 6.03. The Kier molecular flexibility index (Phi) is 6.64. The highest BCUT2D eigenvalue weighted by molar-refractivity contribution is 4.72. The first-order chi connectivity index (χ1) is 7.36. The van der Waals surface area contributed by atoms with E-state index in [1.165, 1.54) is 25.9 Å². The molecule has 0 amide bonds. The quantitative estimate of drug-likeness (QED) is 0.524. The van der Waals surface area contributed by atoms with Crippen molar-refractivity contribution < 1.29 is 5.11 Å². The second-order valence-corrected chi connectivity index (χ2v) is 4.19. The smallest absolute Gasteiger partial charge is 0.0558 e. The molecule has 0 spiro atoms. The van der Waals surface area contributed by atoms with Gasteiger partial charge in [0.15, 0.2) is 0 Å². The van der Waals surface area contributed by atoms with Crippen LogP contribution < -0.4 is 0 Å². The van der Waals surface area contributed by atoms with E-state index in [4.69, 9.17) is 5.11 Å². The molecular formula is C12H24N2O. The third-order valence-corrected chi connectivity index (χ3v) is 2.98. The Morgan fingerprint density at radius 2 is 1.73 bits per heavy atom. The Balaban J connectivity index is 2.17. The number of aliphatic hydroxyl groups is 1. The summed E-state index contributed by atoms with van der Waals surface area (Å²) >= 11 is 0. The van der Waals surface area contributed by atoms with Crippen LogP contribution in [0.3, 0.4) is 0 Å². The van der Waals surface area contributed by atoms with Crippen LogP contribution in [0.15, 0.2) is 12.7 Å². The van der Waals surface area contributed by atoms with Gasteiger partial charge in [-0.05, 0) is 38.9 Å². The van der Waals surface area contributed by atoms with E-state index in [0.29, 0.717) is 0 Å². The van der Waals surface area contributed by atoms with Gasteiger partial charge in [0.2, 0.25) is 0 Å². The molecule has 15 heavy (non-hydrogen) atoms. The second-order valence-electron chi connectivity index (χ2n) is 4.19. The van der Waals surface area contributed by atoms with Crippen molar-refractivity contribution >= 4 is 0 Å². The minimum atomic E-state index is 0.288. The van der Waals surface area contributed by atoms with E-state index >= 15 is 0 Å². The number of rotatable bonds is 6. The van der Waals surface area contributed by atoms with Crippen LogP contribution in [0.4, 0.5) is 0 Å². The van der Waals surface area contributed by atoms with Crippen molar-refractivity contribution in [2.45, 2.75) is 19.3 Å². The lowest BCUT2D eigenvalue weighted by Gasteiger charge is -2.20. The molecule has 1 N–H and O–H groups in total. The highest BCUT2D eigenvalue weighted by atomic mass is 16.3. The van der Waals surface area contributed by atoms with Gasteiger partial charge in [0.05, 0.1) is 6.61 Å². The predicted octanol–water partition coefficient (Wildman–Crippen LogP) is 0.953. The molecule has 0 aromatic carbocycles. The van der Waals surface area contributed by atoms with Gasteiger partial charge in [0.25, 0.3) is 0 Å². The lowest BCUT2D eigenvalue weighted by molar-refractivity contribution is 0.196. The van der Waals surface area contributed by atoms with Gasteiger partial charge in [-0.1, -0.05) is 6.08 Å². The van der Waals surface area contributed by atoms with E-state index in [0.717, 1.165) is 32.6 Å². The van der Waals surface area contributed by atoms with E-state index in [1.807, 2.05) is 6.08 Å². The van der Waals surface area contributed by atoms with E-state index < -0.39 is 0 Å². The first kappa shape index (κ1) is 12.7. The van der Waals surface area contributed by atoms with Crippen molar-refractivity contribution in [3.05, 3.63) is 12.7 Å². The summed E-state index contributed by atoms with van der Waals surface area (Å²) in [7, 11) is 0. The topological polar surface area (TPSA) is 26.7 Å². The van der Waals surface area contributed by atoms with Crippen molar-refractivity contribution in [3.63, 3.8) is 0 Å². The Labute approximate surface area is 93.4 Å². The predicted molar refractivity (Wildman–Crippen MR) is 64.0 cm³/mol. The minimum Gasteiger partial charge on any atom is -0.395 e. The molecule has 1 saturated heterocycles. The standard InChI is InChI=1S/C12H24N2O/c1-2-3-4-6-13-7-5-8-14(10-9-13)11-12-15/h2,15H,1,3-12H2. The molecule has 1 heterocycles. The van der Waals surface area contributed by atoms with E-state index in [9.17, 15) is 0 Å². The number of hydrogen-bond donors (Lipinski definition) is 1. The van der Waals surface area contributed by atoms with Crippen molar-refractivity contribution in [1.29, 1.82) is 0 Å². The molecule has 1 aliphatic rings. The molecule has 1 fully saturated rings. The zero-order valence-corrected chi connectivity index (χ0v) is 9.70. The summed E-state index contributed by atoms with van der Waals surface area (Å²) in [4.78, 5) is 4.88. The number of nitrogens with zero attached hydrogens (tertiary/aromatic N) is 2. The fourth-order valence-electron chi connectivity index (χ4n) is 2.07. The fourth-order valence-corrected chi connectivity index (χ4v) is 2.07. The monoisotopic (exact) mass is 212 g/mol. The molecule has 1 rings (SSSR count). The number of allylic oxidation sites excluding steroid dienone is 1. The highest BCUT2D eigenvalue weighted by Crippen LogP contribution is 2.04. The summed E-state index contributed by atoms with van der Waals surface area (Å²) in [6, 6.07) is 0. The molecule has 0 bridgehead atoms. The number of unbranched alkanes of at least 4 members (excludes halogenated alkanes) is 1. The number of hydrogen-bond acceptors (Lipinski definition) is 3. The van der Waals surface area contributed by atoms with Crippen LogP contribution in [0, 0.1) is 0 Å². The fraction of sp³-hybridized carbons (Fsp3) is 0.833. The Morgan fingerprint density at radius 3 is 2.33 bits per heavy atom. The van der Waals surface area contributed by atoms with Gasteiger partial charge >= 0.3 is 0 Å².